The van der Waals surface area contributed by atoms with Crippen LogP contribution < -0.4 is 0 Å². The van der Waals surface area contributed by atoms with Crippen LogP contribution in [-0.2, 0) is 23.7 Å². The summed E-state index contributed by atoms with van der Waals surface area (Å²) in [6, 6.07) is 0. The van der Waals surface area contributed by atoms with Crippen molar-refractivity contribution in [3.8, 4) is 0 Å². The Kier molecular flexibility index (Phi) is 10.4. The van der Waals surface area contributed by atoms with Gasteiger partial charge in [-0.2, -0.15) is 0 Å². The van der Waals surface area contributed by atoms with Crippen molar-refractivity contribution < 1.29 is 33.9 Å². The lowest BCUT2D eigenvalue weighted by atomic mass is 10.0. The molecular formula is C18H36O7. The zero-order valence-electron chi connectivity index (χ0n) is 16.4. The normalized spacial score (nSPS) is 30.5. The molecule has 25 heavy (non-hydrogen) atoms. The van der Waals surface area contributed by atoms with Crippen molar-refractivity contribution in [3.05, 3.63) is 0 Å². The predicted octanol–water partition coefficient (Wildman–Crippen LogP) is 2.04. The van der Waals surface area contributed by atoms with E-state index in [1.165, 1.54) is 7.11 Å². The van der Waals surface area contributed by atoms with Crippen molar-refractivity contribution >= 4 is 0 Å². The summed E-state index contributed by atoms with van der Waals surface area (Å²) in [6.45, 7) is 9.56. The summed E-state index contributed by atoms with van der Waals surface area (Å²) in [7, 11) is 1.43. The summed E-state index contributed by atoms with van der Waals surface area (Å²) in [6.07, 6.45) is -0.727. The molecule has 1 heterocycles. The molecule has 0 aromatic heterocycles. The first-order chi connectivity index (χ1) is 11.9. The summed E-state index contributed by atoms with van der Waals surface area (Å²) in [4.78, 5) is 0. The molecule has 1 rings (SSSR count). The monoisotopic (exact) mass is 364 g/mol. The Morgan fingerprint density at radius 3 is 2.36 bits per heavy atom. The minimum atomic E-state index is -1.24. The van der Waals surface area contributed by atoms with E-state index in [-0.39, 0.29) is 30.8 Å². The summed E-state index contributed by atoms with van der Waals surface area (Å²) >= 11 is 0. The van der Waals surface area contributed by atoms with Gasteiger partial charge >= 0.3 is 0 Å². The van der Waals surface area contributed by atoms with E-state index >= 15 is 0 Å². The maximum absolute atomic E-state index is 10.2. The number of aliphatic hydroxyl groups excluding tert-OH is 2. The van der Waals surface area contributed by atoms with Crippen molar-refractivity contribution in [3.63, 3.8) is 0 Å². The van der Waals surface area contributed by atoms with Crippen molar-refractivity contribution in [2.75, 3.05) is 13.7 Å². The molecule has 8 unspecified atom stereocenters. The largest absolute Gasteiger partial charge is 0.394 e. The van der Waals surface area contributed by atoms with Gasteiger partial charge in [-0.3, -0.25) is 0 Å². The van der Waals surface area contributed by atoms with Gasteiger partial charge in [-0.15, -0.1) is 0 Å². The Morgan fingerprint density at radius 1 is 1.16 bits per heavy atom. The fraction of sp³-hybridized carbons (Fsp3) is 1.00. The van der Waals surface area contributed by atoms with Gasteiger partial charge in [0.15, 0.2) is 6.29 Å². The van der Waals surface area contributed by atoms with Crippen LogP contribution in [0.25, 0.3) is 0 Å². The van der Waals surface area contributed by atoms with E-state index in [0.717, 1.165) is 19.3 Å². The molecule has 0 radical (unpaired) electrons. The molecule has 8 atom stereocenters. The molecule has 0 saturated carbocycles. The zero-order chi connectivity index (χ0) is 19.0. The third-order valence-electron chi connectivity index (χ3n) is 4.66. The summed E-state index contributed by atoms with van der Waals surface area (Å²) in [5.41, 5.74) is 0. The van der Waals surface area contributed by atoms with E-state index < -0.39 is 25.0 Å². The van der Waals surface area contributed by atoms with Crippen LogP contribution in [0.3, 0.4) is 0 Å². The lowest BCUT2D eigenvalue weighted by Gasteiger charge is -2.39. The lowest BCUT2D eigenvalue weighted by molar-refractivity contribution is -0.314. The van der Waals surface area contributed by atoms with Crippen LogP contribution in [0, 0.1) is 5.92 Å². The zero-order valence-corrected chi connectivity index (χ0v) is 16.4. The number of rotatable bonds is 11. The molecule has 1 fully saturated rings. The van der Waals surface area contributed by atoms with Gasteiger partial charge in [0.1, 0.15) is 0 Å². The van der Waals surface area contributed by atoms with Crippen LogP contribution in [0.2, 0.25) is 0 Å². The van der Waals surface area contributed by atoms with E-state index in [4.69, 9.17) is 23.7 Å². The van der Waals surface area contributed by atoms with E-state index in [9.17, 15) is 10.2 Å². The van der Waals surface area contributed by atoms with Gasteiger partial charge in [0.2, 0.25) is 12.6 Å². The lowest BCUT2D eigenvalue weighted by Crippen LogP contribution is -2.47. The first-order valence-electron chi connectivity index (χ1n) is 9.29. The second-order valence-corrected chi connectivity index (χ2v) is 6.78. The minimum Gasteiger partial charge on any atom is -0.394 e. The summed E-state index contributed by atoms with van der Waals surface area (Å²) < 4.78 is 28.2. The highest BCUT2D eigenvalue weighted by molar-refractivity contribution is 4.76. The van der Waals surface area contributed by atoms with E-state index in [1.54, 1.807) is 0 Å². The molecular weight excluding hydrogens is 328 g/mol. The van der Waals surface area contributed by atoms with E-state index in [0.29, 0.717) is 0 Å². The fourth-order valence-corrected chi connectivity index (χ4v) is 2.76. The molecule has 7 heteroatoms. The highest BCUT2D eigenvalue weighted by Crippen LogP contribution is 2.28. The Labute approximate surface area is 151 Å². The van der Waals surface area contributed by atoms with Gasteiger partial charge in [0, 0.05) is 13.0 Å². The van der Waals surface area contributed by atoms with Gasteiger partial charge in [-0.1, -0.05) is 20.8 Å². The Hall–Kier alpha value is -0.280. The molecule has 0 bridgehead atoms. The molecule has 1 aliphatic heterocycles. The molecule has 1 saturated heterocycles. The van der Waals surface area contributed by atoms with Gasteiger partial charge in [0.05, 0.1) is 31.0 Å². The molecule has 2 N–H and O–H groups in total. The second-order valence-electron chi connectivity index (χ2n) is 6.78. The van der Waals surface area contributed by atoms with Crippen LogP contribution >= 0.6 is 0 Å². The highest BCUT2D eigenvalue weighted by Gasteiger charge is 2.37. The Balaban J connectivity index is 2.68. The number of hydrogen-bond donors (Lipinski definition) is 2. The van der Waals surface area contributed by atoms with Crippen LogP contribution in [0.1, 0.15) is 53.9 Å². The molecule has 0 amide bonds. The smallest absolute Gasteiger partial charge is 0.209 e. The third kappa shape index (κ3) is 7.09. The van der Waals surface area contributed by atoms with Crippen molar-refractivity contribution in [2.24, 2.45) is 5.92 Å². The first kappa shape index (κ1) is 22.8. The Morgan fingerprint density at radius 2 is 1.84 bits per heavy atom. The SMILES string of the molecule is CCC(C)OC(O)C(OC)OC(CO)C(C)C1OC(C)CC(CC)O1. The van der Waals surface area contributed by atoms with Gasteiger partial charge < -0.3 is 33.9 Å². The van der Waals surface area contributed by atoms with Crippen LogP contribution in [0.5, 0.6) is 0 Å². The highest BCUT2D eigenvalue weighted by atomic mass is 16.7. The maximum atomic E-state index is 10.2. The summed E-state index contributed by atoms with van der Waals surface area (Å²) in [5, 5.41) is 19.9. The summed E-state index contributed by atoms with van der Waals surface area (Å²) in [5.74, 6) is -0.241. The molecule has 0 aromatic carbocycles. The predicted molar refractivity (Wildman–Crippen MR) is 92.9 cm³/mol. The molecule has 0 aromatic rings. The van der Waals surface area contributed by atoms with Gasteiger partial charge in [0.25, 0.3) is 0 Å². The van der Waals surface area contributed by atoms with Gasteiger partial charge in [-0.25, -0.2) is 0 Å². The number of ether oxygens (including phenoxy) is 5. The van der Waals surface area contributed by atoms with Crippen LogP contribution in [0.15, 0.2) is 0 Å². The molecule has 1 aliphatic rings. The number of methoxy groups -OCH3 is 1. The average Bonchev–Trinajstić information content (AvgIpc) is 2.61. The quantitative estimate of drug-likeness (QED) is 0.543. The average molecular weight is 364 g/mol. The third-order valence-corrected chi connectivity index (χ3v) is 4.66. The molecule has 150 valence electrons. The van der Waals surface area contributed by atoms with E-state index in [1.807, 2.05) is 27.7 Å². The standard InChI is InChI=1S/C18H36O7/c1-7-11(3)22-16(20)18(21-6)25-15(10-19)13(5)17-23-12(4)9-14(8-2)24-17/h11-20H,7-10H2,1-6H3. The fourth-order valence-electron chi connectivity index (χ4n) is 2.76. The number of aliphatic hydroxyl groups is 2. The topological polar surface area (TPSA) is 86.6 Å². The van der Waals surface area contributed by atoms with Crippen molar-refractivity contribution in [1.82, 2.24) is 0 Å². The number of hydrogen-bond acceptors (Lipinski definition) is 7. The molecule has 0 aliphatic carbocycles. The maximum Gasteiger partial charge on any atom is 0.209 e. The Bertz CT molecular complexity index is 354. The second kappa shape index (κ2) is 11.4. The first-order valence-corrected chi connectivity index (χ1v) is 9.29. The van der Waals surface area contributed by atoms with Crippen LogP contribution in [-0.4, -0.2) is 67.2 Å². The van der Waals surface area contributed by atoms with Crippen molar-refractivity contribution in [2.45, 2.75) is 97.2 Å². The molecule has 0 spiro atoms. The van der Waals surface area contributed by atoms with Crippen molar-refractivity contribution in [1.29, 1.82) is 0 Å². The van der Waals surface area contributed by atoms with Crippen LogP contribution in [0.4, 0.5) is 0 Å². The van der Waals surface area contributed by atoms with Gasteiger partial charge in [-0.05, 0) is 33.1 Å². The minimum absolute atomic E-state index is 0.0862. The van der Waals surface area contributed by atoms with E-state index in [2.05, 4.69) is 6.92 Å². The molecule has 7 nitrogen and oxygen atoms in total.